The summed E-state index contributed by atoms with van der Waals surface area (Å²) in [5.74, 6) is 0.301. The average Bonchev–Trinajstić information content (AvgIpc) is 2.22. The van der Waals surface area contributed by atoms with E-state index >= 15 is 0 Å². The highest BCUT2D eigenvalue weighted by atomic mass is 16.5. The molecule has 0 saturated carbocycles. The molecule has 0 bridgehead atoms. The molecule has 0 radical (unpaired) electrons. The lowest BCUT2D eigenvalue weighted by Crippen LogP contribution is -2.38. The van der Waals surface area contributed by atoms with Crippen LogP contribution in [0.3, 0.4) is 0 Å². The van der Waals surface area contributed by atoms with Crippen molar-refractivity contribution in [3.05, 3.63) is 0 Å². The van der Waals surface area contributed by atoms with Crippen LogP contribution in [0.1, 0.15) is 40.0 Å². The van der Waals surface area contributed by atoms with Crippen LogP contribution in [0, 0.1) is 0 Å². The van der Waals surface area contributed by atoms with Gasteiger partial charge in [0.2, 0.25) is 0 Å². The third kappa shape index (κ3) is 8.49. The number of nitrogens with zero attached hydrogens (tertiary/aromatic N) is 1. The van der Waals surface area contributed by atoms with Crippen molar-refractivity contribution in [2.24, 2.45) is 10.9 Å². The topological polar surface area (TPSA) is 79.9 Å². The maximum Gasteiger partial charge on any atom is 0.139 e. The van der Waals surface area contributed by atoms with E-state index in [1.54, 1.807) is 0 Å². The van der Waals surface area contributed by atoms with Gasteiger partial charge in [-0.3, -0.25) is 0 Å². The number of hydrogen-bond donors (Lipinski definition) is 3. The zero-order valence-electron chi connectivity index (χ0n) is 10.6. The summed E-state index contributed by atoms with van der Waals surface area (Å²) >= 11 is 0. The zero-order chi connectivity index (χ0) is 12.4. The summed E-state index contributed by atoms with van der Waals surface area (Å²) in [7, 11) is 0. The minimum Gasteiger partial charge on any atom is -0.409 e. The highest BCUT2D eigenvalue weighted by molar-refractivity contribution is 5.79. The number of amidine groups is 1. The molecule has 0 spiro atoms. The maximum absolute atomic E-state index is 8.33. The fraction of sp³-hybridized carbons (Fsp3) is 0.909. The number of nitrogens with one attached hydrogen (secondary N) is 1. The van der Waals surface area contributed by atoms with Crippen molar-refractivity contribution in [2.75, 3.05) is 19.7 Å². The fourth-order valence-electron chi connectivity index (χ4n) is 1.44. The summed E-state index contributed by atoms with van der Waals surface area (Å²) in [4.78, 5) is 0. The van der Waals surface area contributed by atoms with Gasteiger partial charge in [-0.2, -0.15) is 0 Å². The van der Waals surface area contributed by atoms with Crippen molar-refractivity contribution in [3.8, 4) is 0 Å². The third-order valence-corrected chi connectivity index (χ3v) is 2.25. The lowest BCUT2D eigenvalue weighted by Gasteiger charge is -2.24. The van der Waals surface area contributed by atoms with Crippen molar-refractivity contribution < 1.29 is 9.94 Å². The van der Waals surface area contributed by atoms with Crippen LogP contribution in [0.5, 0.6) is 0 Å². The number of nitrogens with two attached hydrogens (primary N) is 1. The second kappa shape index (κ2) is 8.35. The van der Waals surface area contributed by atoms with Gasteiger partial charge in [0, 0.05) is 19.6 Å². The maximum atomic E-state index is 8.33. The van der Waals surface area contributed by atoms with E-state index in [1.807, 2.05) is 6.92 Å². The second-order valence-electron chi connectivity index (χ2n) is 4.42. The first-order chi connectivity index (χ1) is 7.52. The summed E-state index contributed by atoms with van der Waals surface area (Å²) < 4.78 is 5.56. The van der Waals surface area contributed by atoms with Crippen LogP contribution in [0.2, 0.25) is 0 Å². The minimum absolute atomic E-state index is 0.111. The van der Waals surface area contributed by atoms with Gasteiger partial charge >= 0.3 is 0 Å². The van der Waals surface area contributed by atoms with Crippen molar-refractivity contribution in [1.29, 1.82) is 0 Å². The average molecular weight is 231 g/mol. The molecule has 0 heterocycles. The van der Waals surface area contributed by atoms with Crippen molar-refractivity contribution in [2.45, 2.75) is 45.6 Å². The van der Waals surface area contributed by atoms with Crippen molar-refractivity contribution in [3.63, 3.8) is 0 Å². The largest absolute Gasteiger partial charge is 0.409 e. The van der Waals surface area contributed by atoms with Gasteiger partial charge in [0.05, 0.1) is 5.60 Å². The molecule has 0 aliphatic heterocycles. The Bertz CT molecular complexity index is 205. The summed E-state index contributed by atoms with van der Waals surface area (Å²) in [6.45, 7) is 8.64. The van der Waals surface area contributed by atoms with Crippen molar-refractivity contribution >= 4 is 5.84 Å². The quantitative estimate of drug-likeness (QED) is 0.184. The Morgan fingerprint density at radius 3 is 2.69 bits per heavy atom. The van der Waals surface area contributed by atoms with Crippen LogP contribution in [0.4, 0.5) is 0 Å². The number of oxime groups is 1. The van der Waals surface area contributed by atoms with Gasteiger partial charge in [-0.15, -0.1) is 0 Å². The van der Waals surface area contributed by atoms with Crippen LogP contribution in [0.25, 0.3) is 0 Å². The molecule has 0 amide bonds. The highest BCUT2D eigenvalue weighted by Gasteiger charge is 2.16. The van der Waals surface area contributed by atoms with Crippen molar-refractivity contribution in [1.82, 2.24) is 5.32 Å². The molecule has 0 aromatic carbocycles. The van der Waals surface area contributed by atoms with E-state index < -0.39 is 0 Å². The normalized spacial score (nSPS) is 13.1. The molecule has 0 aliphatic rings. The highest BCUT2D eigenvalue weighted by Crippen LogP contribution is 2.06. The predicted molar refractivity (Wildman–Crippen MR) is 65.8 cm³/mol. The van der Waals surface area contributed by atoms with Crippen LogP contribution in [-0.4, -0.2) is 36.3 Å². The van der Waals surface area contributed by atoms with Crippen LogP contribution >= 0.6 is 0 Å². The molecular weight excluding hydrogens is 206 g/mol. The molecule has 5 nitrogen and oxygen atoms in total. The first-order valence-electron chi connectivity index (χ1n) is 5.83. The zero-order valence-corrected chi connectivity index (χ0v) is 10.6. The standard InChI is InChI=1S/C11H25N3O2/c1-4-16-11(2,3)9-13-8-6-5-7-10(12)14-15/h13,15H,4-9H2,1-3H3,(H2,12,14). The second-order valence-corrected chi connectivity index (χ2v) is 4.42. The molecule has 0 unspecified atom stereocenters. The summed E-state index contributed by atoms with van der Waals surface area (Å²) in [6.07, 6.45) is 2.59. The summed E-state index contributed by atoms with van der Waals surface area (Å²) in [6, 6.07) is 0. The first-order valence-corrected chi connectivity index (χ1v) is 5.83. The molecule has 4 N–H and O–H groups in total. The van der Waals surface area contributed by atoms with Gasteiger partial charge in [-0.1, -0.05) is 5.16 Å². The lowest BCUT2D eigenvalue weighted by molar-refractivity contribution is -0.00867. The van der Waals surface area contributed by atoms with Crippen LogP contribution in [0.15, 0.2) is 5.16 Å². The number of unbranched alkanes of at least 4 members (excludes halogenated alkanes) is 1. The Morgan fingerprint density at radius 1 is 1.44 bits per heavy atom. The van der Waals surface area contributed by atoms with E-state index in [1.165, 1.54) is 0 Å². The van der Waals surface area contributed by atoms with E-state index in [9.17, 15) is 0 Å². The molecular formula is C11H25N3O2. The number of rotatable bonds is 9. The number of hydrogen-bond acceptors (Lipinski definition) is 4. The molecule has 0 aliphatic carbocycles. The van der Waals surface area contributed by atoms with Gasteiger partial charge in [0.25, 0.3) is 0 Å². The molecule has 5 heteroatoms. The van der Waals surface area contributed by atoms with E-state index in [4.69, 9.17) is 15.7 Å². The molecule has 0 fully saturated rings. The Labute approximate surface area is 98.0 Å². The Balaban J connectivity index is 3.40. The Hall–Kier alpha value is -0.810. The number of ether oxygens (including phenoxy) is 1. The molecule has 0 rings (SSSR count). The van der Waals surface area contributed by atoms with Gasteiger partial charge < -0.3 is 21.0 Å². The van der Waals surface area contributed by atoms with E-state index in [0.29, 0.717) is 12.3 Å². The van der Waals surface area contributed by atoms with Crippen LogP contribution in [-0.2, 0) is 4.74 Å². The fourth-order valence-corrected chi connectivity index (χ4v) is 1.44. The molecule has 0 aromatic heterocycles. The molecule has 0 aromatic rings. The summed E-state index contributed by atoms with van der Waals surface area (Å²) in [5.41, 5.74) is 5.25. The molecule has 96 valence electrons. The van der Waals surface area contributed by atoms with E-state index in [0.717, 1.165) is 32.5 Å². The monoisotopic (exact) mass is 231 g/mol. The van der Waals surface area contributed by atoms with Gasteiger partial charge in [0.15, 0.2) is 0 Å². The first kappa shape index (κ1) is 15.2. The summed E-state index contributed by atoms with van der Waals surface area (Å²) in [5, 5.41) is 14.6. The Kier molecular flexibility index (Phi) is 7.93. The SMILES string of the molecule is CCOC(C)(C)CNCCCCC(N)=NO. The van der Waals surface area contributed by atoms with Gasteiger partial charge in [-0.05, 0) is 40.2 Å². The molecule has 0 atom stereocenters. The minimum atomic E-state index is -0.111. The Morgan fingerprint density at radius 2 is 2.12 bits per heavy atom. The lowest BCUT2D eigenvalue weighted by atomic mass is 10.1. The van der Waals surface area contributed by atoms with E-state index in [2.05, 4.69) is 24.3 Å². The molecule has 0 saturated heterocycles. The molecule has 16 heavy (non-hydrogen) atoms. The smallest absolute Gasteiger partial charge is 0.139 e. The van der Waals surface area contributed by atoms with Gasteiger partial charge in [0.1, 0.15) is 5.84 Å². The van der Waals surface area contributed by atoms with E-state index in [-0.39, 0.29) is 5.60 Å². The van der Waals surface area contributed by atoms with Crippen LogP contribution < -0.4 is 11.1 Å². The van der Waals surface area contributed by atoms with Gasteiger partial charge in [-0.25, -0.2) is 0 Å². The predicted octanol–water partition coefficient (Wildman–Crippen LogP) is 1.31. The third-order valence-electron chi connectivity index (χ3n) is 2.25.